The molecule has 5 aromatic rings. The Labute approximate surface area is 223 Å². The van der Waals surface area contributed by atoms with Crippen molar-refractivity contribution < 1.29 is 9.90 Å². The summed E-state index contributed by atoms with van der Waals surface area (Å²) >= 11 is 0. The number of nitrogens with two attached hydrogens (primary N) is 1. The maximum atomic E-state index is 13.2. The lowest BCUT2D eigenvalue weighted by molar-refractivity contribution is -0.137. The van der Waals surface area contributed by atoms with Crippen molar-refractivity contribution in [3.63, 3.8) is 0 Å². The summed E-state index contributed by atoms with van der Waals surface area (Å²) in [7, 11) is 1.96. The number of benzene rings is 2. The van der Waals surface area contributed by atoms with Gasteiger partial charge in [0.2, 0.25) is 0 Å². The number of hydrogen-bond donors (Lipinski definition) is 4. The van der Waals surface area contributed by atoms with Crippen LogP contribution in [0.3, 0.4) is 0 Å². The van der Waals surface area contributed by atoms with E-state index in [1.807, 2.05) is 48.0 Å². The largest absolute Gasteiger partial charge is 0.481 e. The number of rotatable bonds is 9. The van der Waals surface area contributed by atoms with Crippen molar-refractivity contribution in [2.75, 3.05) is 5.32 Å². The highest BCUT2D eigenvalue weighted by atomic mass is 35.5. The standard InChI is InChI=1S/C26H26N8O3.ClH/c1-32-20-9-4-16(13-19(20)31-22(32)14-30-18-7-5-17(6-8-18)24(27)28)15-34-21-3-2-11-29-25(21)33(26(34)37)12-10-23(35)36;/h2-9,11,13,30H,10,12,14-15H2,1H3,(H3,27,28)(H,35,36);1H. The zero-order valence-corrected chi connectivity index (χ0v) is 21.4. The van der Waals surface area contributed by atoms with Gasteiger partial charge in [-0.3, -0.25) is 19.3 Å². The Morgan fingerprint density at radius 3 is 2.58 bits per heavy atom. The first-order valence-corrected chi connectivity index (χ1v) is 11.7. The summed E-state index contributed by atoms with van der Waals surface area (Å²) in [6.45, 7) is 0.869. The molecule has 11 nitrogen and oxygen atoms in total. The molecule has 0 aliphatic carbocycles. The van der Waals surface area contributed by atoms with Crippen LogP contribution in [0.2, 0.25) is 0 Å². The molecule has 12 heteroatoms. The van der Waals surface area contributed by atoms with Gasteiger partial charge in [0, 0.05) is 31.0 Å². The fraction of sp³-hybridized carbons (Fsp3) is 0.192. The van der Waals surface area contributed by atoms with Crippen molar-refractivity contribution in [1.82, 2.24) is 23.7 Å². The predicted octanol–water partition coefficient (Wildman–Crippen LogP) is 2.93. The van der Waals surface area contributed by atoms with E-state index in [9.17, 15) is 9.59 Å². The number of aliphatic carboxylic acids is 1. The van der Waals surface area contributed by atoms with Crippen molar-refractivity contribution in [3.05, 3.63) is 88.2 Å². The number of fused-ring (bicyclic) bond motifs is 2. The summed E-state index contributed by atoms with van der Waals surface area (Å²) in [6, 6.07) is 16.8. The molecule has 3 aromatic heterocycles. The lowest BCUT2D eigenvalue weighted by Crippen LogP contribution is -2.25. The van der Waals surface area contributed by atoms with Crippen molar-refractivity contribution in [2.45, 2.75) is 26.1 Å². The molecule has 0 aliphatic rings. The van der Waals surface area contributed by atoms with Gasteiger partial charge >= 0.3 is 11.7 Å². The average molecular weight is 535 g/mol. The molecule has 0 spiro atoms. The third-order valence-electron chi connectivity index (χ3n) is 6.35. The Balaban J connectivity index is 0.00000336. The second-order valence-electron chi connectivity index (χ2n) is 8.76. The maximum Gasteiger partial charge on any atom is 0.330 e. The SMILES string of the molecule is Cl.Cn1c(CNc2ccc(C(=N)N)cc2)nc2cc(Cn3c(=O)n(CCC(=O)O)c4ncccc43)ccc21. The highest BCUT2D eigenvalue weighted by Gasteiger charge is 2.16. The predicted molar refractivity (Wildman–Crippen MR) is 148 cm³/mol. The van der Waals surface area contributed by atoms with E-state index in [1.54, 1.807) is 29.0 Å². The number of aromatic nitrogens is 5. The Bertz CT molecular complexity index is 1700. The summed E-state index contributed by atoms with van der Waals surface area (Å²) < 4.78 is 5.04. The minimum absolute atomic E-state index is 0. The number of halogens is 1. The van der Waals surface area contributed by atoms with Crippen LogP contribution in [0, 0.1) is 5.41 Å². The molecule has 196 valence electrons. The zero-order valence-electron chi connectivity index (χ0n) is 20.6. The first-order valence-electron chi connectivity index (χ1n) is 11.7. The normalized spacial score (nSPS) is 11.0. The van der Waals surface area contributed by atoms with Crippen molar-refractivity contribution in [3.8, 4) is 0 Å². The van der Waals surface area contributed by atoms with Gasteiger partial charge < -0.3 is 20.7 Å². The van der Waals surface area contributed by atoms with Gasteiger partial charge in [-0.05, 0) is 54.1 Å². The summed E-state index contributed by atoms with van der Waals surface area (Å²) in [5.41, 5.74) is 10.6. The summed E-state index contributed by atoms with van der Waals surface area (Å²) in [5, 5.41) is 19.9. The van der Waals surface area contributed by atoms with E-state index < -0.39 is 5.97 Å². The Hall–Kier alpha value is -4.64. The molecule has 0 fully saturated rings. The number of carboxylic acids is 1. The van der Waals surface area contributed by atoms with Gasteiger partial charge in [-0.1, -0.05) is 6.07 Å². The molecule has 0 atom stereocenters. The van der Waals surface area contributed by atoms with Gasteiger partial charge in [-0.2, -0.15) is 0 Å². The van der Waals surface area contributed by atoms with Crippen LogP contribution in [-0.4, -0.2) is 40.6 Å². The van der Waals surface area contributed by atoms with Crippen LogP contribution < -0.4 is 16.7 Å². The van der Waals surface area contributed by atoms with Crippen LogP contribution in [0.15, 0.2) is 65.6 Å². The Morgan fingerprint density at radius 2 is 1.87 bits per heavy atom. The van der Waals surface area contributed by atoms with Gasteiger partial charge in [0.1, 0.15) is 11.7 Å². The van der Waals surface area contributed by atoms with E-state index in [2.05, 4.69) is 10.3 Å². The monoisotopic (exact) mass is 534 g/mol. The molecular formula is C26H27ClN8O3. The topological polar surface area (TPSA) is 157 Å². The third kappa shape index (κ3) is 5.09. The summed E-state index contributed by atoms with van der Waals surface area (Å²) in [4.78, 5) is 33.3. The third-order valence-corrected chi connectivity index (χ3v) is 6.35. The number of imidazole rings is 2. The highest BCUT2D eigenvalue weighted by molar-refractivity contribution is 5.95. The van der Waals surface area contributed by atoms with Crippen molar-refractivity contribution in [2.24, 2.45) is 12.8 Å². The van der Waals surface area contributed by atoms with Crippen LogP contribution >= 0.6 is 12.4 Å². The van der Waals surface area contributed by atoms with E-state index in [0.29, 0.717) is 29.8 Å². The number of carboxylic acid groups (broad SMARTS) is 1. The number of hydrogen-bond acceptors (Lipinski definition) is 6. The first-order chi connectivity index (χ1) is 17.8. The molecule has 5 rings (SSSR count). The van der Waals surface area contributed by atoms with E-state index in [0.717, 1.165) is 28.1 Å². The number of pyridine rings is 1. The van der Waals surface area contributed by atoms with Crippen molar-refractivity contribution >= 4 is 52.1 Å². The van der Waals surface area contributed by atoms with Crippen LogP contribution in [-0.2, 0) is 31.5 Å². The molecule has 0 bridgehead atoms. The lowest BCUT2D eigenvalue weighted by atomic mass is 10.2. The number of nitrogen functional groups attached to an aromatic ring is 1. The molecule has 0 saturated carbocycles. The molecule has 0 saturated heterocycles. The van der Waals surface area contributed by atoms with Gasteiger partial charge in [-0.25, -0.2) is 14.8 Å². The number of aryl methyl sites for hydroxylation is 2. The summed E-state index contributed by atoms with van der Waals surface area (Å²) in [5.74, 6) is -0.0989. The quantitative estimate of drug-likeness (QED) is 0.167. The van der Waals surface area contributed by atoms with Gasteiger partial charge in [0.15, 0.2) is 5.65 Å². The van der Waals surface area contributed by atoms with Gasteiger partial charge in [0.25, 0.3) is 0 Å². The molecule has 0 radical (unpaired) electrons. The Kier molecular flexibility index (Phi) is 7.49. The molecular weight excluding hydrogens is 508 g/mol. The van der Waals surface area contributed by atoms with Crippen LogP contribution in [0.5, 0.6) is 0 Å². The lowest BCUT2D eigenvalue weighted by Gasteiger charge is -2.07. The number of carbonyl (C=O) groups is 1. The second-order valence-corrected chi connectivity index (χ2v) is 8.76. The number of amidine groups is 1. The fourth-order valence-corrected chi connectivity index (χ4v) is 4.39. The smallest absolute Gasteiger partial charge is 0.330 e. The van der Waals surface area contributed by atoms with Crippen LogP contribution in [0.4, 0.5) is 5.69 Å². The van der Waals surface area contributed by atoms with E-state index >= 15 is 0 Å². The minimum atomic E-state index is -0.970. The average Bonchev–Trinajstić information content (AvgIpc) is 3.34. The minimum Gasteiger partial charge on any atom is -0.481 e. The van der Waals surface area contributed by atoms with Crippen LogP contribution in [0.25, 0.3) is 22.2 Å². The number of nitrogens with zero attached hydrogens (tertiary/aromatic N) is 5. The van der Waals surface area contributed by atoms with Crippen molar-refractivity contribution in [1.29, 1.82) is 5.41 Å². The Morgan fingerprint density at radius 1 is 1.11 bits per heavy atom. The van der Waals surface area contributed by atoms with E-state index in [4.69, 9.17) is 21.2 Å². The van der Waals surface area contributed by atoms with E-state index in [1.165, 1.54) is 4.57 Å². The molecule has 0 aliphatic heterocycles. The molecule has 2 aromatic carbocycles. The first kappa shape index (κ1) is 26.4. The van der Waals surface area contributed by atoms with E-state index in [-0.39, 0.29) is 36.9 Å². The molecule has 0 amide bonds. The van der Waals surface area contributed by atoms with Crippen LogP contribution in [0.1, 0.15) is 23.4 Å². The van der Waals surface area contributed by atoms with Gasteiger partial charge in [0.05, 0.1) is 36.1 Å². The second kappa shape index (κ2) is 10.8. The highest BCUT2D eigenvalue weighted by Crippen LogP contribution is 2.20. The maximum absolute atomic E-state index is 13.2. The molecule has 5 N–H and O–H groups in total. The zero-order chi connectivity index (χ0) is 26.1. The molecule has 0 unspecified atom stereocenters. The van der Waals surface area contributed by atoms with Gasteiger partial charge in [-0.15, -0.1) is 12.4 Å². The number of anilines is 1. The molecule has 3 heterocycles. The fourth-order valence-electron chi connectivity index (χ4n) is 4.39. The summed E-state index contributed by atoms with van der Waals surface area (Å²) in [6.07, 6.45) is 1.43. The number of nitrogens with one attached hydrogen (secondary N) is 2. The molecule has 38 heavy (non-hydrogen) atoms.